The Morgan fingerprint density at radius 3 is 3.00 bits per heavy atom. The molecule has 5 nitrogen and oxygen atoms in total. The van der Waals surface area contributed by atoms with Crippen molar-refractivity contribution in [3.8, 4) is 0 Å². The summed E-state index contributed by atoms with van der Waals surface area (Å²) in [6, 6.07) is 3.98. The third kappa shape index (κ3) is 3.28. The van der Waals surface area contributed by atoms with Crippen molar-refractivity contribution in [1.82, 2.24) is 10.1 Å². The van der Waals surface area contributed by atoms with Gasteiger partial charge in [-0.15, -0.1) is 0 Å². The zero-order chi connectivity index (χ0) is 13.8. The summed E-state index contributed by atoms with van der Waals surface area (Å²) >= 11 is 5.93. The van der Waals surface area contributed by atoms with Crippen LogP contribution in [0.2, 0.25) is 5.02 Å². The molecule has 2 rings (SSSR count). The van der Waals surface area contributed by atoms with Gasteiger partial charge in [-0.3, -0.25) is 0 Å². The largest absolute Gasteiger partial charge is 0.383 e. The maximum absolute atomic E-state index is 13.6. The predicted octanol–water partition coefficient (Wildman–Crippen LogP) is 2.10. The molecule has 0 amide bonds. The summed E-state index contributed by atoms with van der Waals surface area (Å²) in [7, 11) is 1.52. The van der Waals surface area contributed by atoms with E-state index < -0.39 is 11.9 Å². The minimum absolute atomic E-state index is 0.148. The molecule has 0 spiro atoms. The molecule has 19 heavy (non-hydrogen) atoms. The molecule has 1 heterocycles. The highest BCUT2D eigenvalue weighted by Crippen LogP contribution is 2.21. The number of nitrogens with two attached hydrogens (primary N) is 1. The molecule has 0 saturated carbocycles. The van der Waals surface area contributed by atoms with Gasteiger partial charge in [-0.2, -0.15) is 4.98 Å². The maximum atomic E-state index is 13.6. The predicted molar refractivity (Wildman–Crippen MR) is 67.3 cm³/mol. The van der Waals surface area contributed by atoms with E-state index in [4.69, 9.17) is 26.6 Å². The maximum Gasteiger partial charge on any atom is 0.245 e. The molecule has 0 radical (unpaired) electrons. The third-order valence-corrected chi connectivity index (χ3v) is 2.90. The van der Waals surface area contributed by atoms with E-state index in [1.165, 1.54) is 19.2 Å². The van der Waals surface area contributed by atoms with E-state index in [0.29, 0.717) is 16.4 Å². The molecule has 0 aliphatic rings. The van der Waals surface area contributed by atoms with E-state index in [0.717, 1.165) is 0 Å². The molecule has 0 bridgehead atoms. The number of nitrogens with zero attached hydrogens (tertiary/aromatic N) is 2. The summed E-state index contributed by atoms with van der Waals surface area (Å²) in [6.07, 6.45) is 0.148. The summed E-state index contributed by atoms with van der Waals surface area (Å²) in [5.41, 5.74) is 6.08. The Balaban J connectivity index is 2.16. The Morgan fingerprint density at radius 1 is 1.53 bits per heavy atom. The fourth-order valence-corrected chi connectivity index (χ4v) is 1.83. The van der Waals surface area contributed by atoms with Gasteiger partial charge in [-0.1, -0.05) is 22.8 Å². The third-order valence-electron chi connectivity index (χ3n) is 2.54. The smallest absolute Gasteiger partial charge is 0.245 e. The van der Waals surface area contributed by atoms with Crippen LogP contribution in [0.1, 0.15) is 23.3 Å². The van der Waals surface area contributed by atoms with Gasteiger partial charge in [0.1, 0.15) is 11.9 Å². The lowest BCUT2D eigenvalue weighted by Crippen LogP contribution is -2.16. The van der Waals surface area contributed by atoms with Crippen molar-refractivity contribution in [2.75, 3.05) is 13.7 Å². The summed E-state index contributed by atoms with van der Waals surface area (Å²) in [5.74, 6) is 0.179. The second-order valence-electron chi connectivity index (χ2n) is 3.99. The van der Waals surface area contributed by atoms with Crippen molar-refractivity contribution in [3.63, 3.8) is 0 Å². The van der Waals surface area contributed by atoms with Crippen LogP contribution in [0, 0.1) is 5.82 Å². The van der Waals surface area contributed by atoms with Crippen LogP contribution in [-0.2, 0) is 11.2 Å². The number of methoxy groups -OCH3 is 1. The Hall–Kier alpha value is -1.50. The van der Waals surface area contributed by atoms with E-state index in [9.17, 15) is 4.39 Å². The van der Waals surface area contributed by atoms with Gasteiger partial charge in [0.2, 0.25) is 5.89 Å². The molecule has 1 unspecified atom stereocenters. The summed E-state index contributed by atoms with van der Waals surface area (Å²) in [6.45, 7) is 0.266. The van der Waals surface area contributed by atoms with Gasteiger partial charge < -0.3 is 15.0 Å². The minimum atomic E-state index is -0.498. The van der Waals surface area contributed by atoms with Crippen molar-refractivity contribution < 1.29 is 13.7 Å². The van der Waals surface area contributed by atoms with E-state index in [-0.39, 0.29) is 18.9 Å². The van der Waals surface area contributed by atoms with Gasteiger partial charge in [-0.25, -0.2) is 4.39 Å². The Bertz CT molecular complexity index is 541. The monoisotopic (exact) mass is 285 g/mol. The van der Waals surface area contributed by atoms with Crippen LogP contribution >= 0.6 is 11.6 Å². The number of aromatic nitrogens is 2. The van der Waals surface area contributed by atoms with Crippen LogP contribution in [-0.4, -0.2) is 23.9 Å². The molecule has 0 aliphatic heterocycles. The van der Waals surface area contributed by atoms with Gasteiger partial charge in [0, 0.05) is 24.1 Å². The number of hydrogen-bond donors (Lipinski definition) is 1. The van der Waals surface area contributed by atoms with Gasteiger partial charge >= 0.3 is 0 Å². The molecule has 0 saturated heterocycles. The highest BCUT2D eigenvalue weighted by Gasteiger charge is 2.16. The molecule has 0 fully saturated rings. The first kappa shape index (κ1) is 13.9. The zero-order valence-corrected chi connectivity index (χ0v) is 11.0. The Labute approximate surface area is 114 Å². The van der Waals surface area contributed by atoms with Crippen LogP contribution in [0.15, 0.2) is 22.7 Å². The van der Waals surface area contributed by atoms with Crippen molar-refractivity contribution in [2.24, 2.45) is 5.73 Å². The average molecular weight is 286 g/mol. The lowest BCUT2D eigenvalue weighted by atomic mass is 10.1. The van der Waals surface area contributed by atoms with Crippen molar-refractivity contribution >= 4 is 11.6 Å². The van der Waals surface area contributed by atoms with Crippen LogP contribution in [0.5, 0.6) is 0 Å². The highest BCUT2D eigenvalue weighted by molar-refractivity contribution is 6.31. The SMILES string of the molecule is COCC(N)c1nc(Cc2c(F)cccc2Cl)no1. The van der Waals surface area contributed by atoms with Gasteiger partial charge in [0.05, 0.1) is 6.61 Å². The fourth-order valence-electron chi connectivity index (χ4n) is 1.60. The lowest BCUT2D eigenvalue weighted by Gasteiger charge is -2.03. The van der Waals surface area contributed by atoms with Crippen LogP contribution in [0.3, 0.4) is 0 Å². The highest BCUT2D eigenvalue weighted by atomic mass is 35.5. The van der Waals surface area contributed by atoms with E-state index >= 15 is 0 Å². The van der Waals surface area contributed by atoms with Crippen molar-refractivity contribution in [2.45, 2.75) is 12.5 Å². The molecular weight excluding hydrogens is 273 g/mol. The first-order chi connectivity index (χ1) is 9.11. The number of halogens is 2. The number of rotatable bonds is 5. The van der Waals surface area contributed by atoms with Crippen molar-refractivity contribution in [3.05, 3.63) is 46.3 Å². The molecule has 1 aromatic carbocycles. The zero-order valence-electron chi connectivity index (χ0n) is 10.3. The first-order valence-corrected chi connectivity index (χ1v) is 5.99. The molecule has 102 valence electrons. The first-order valence-electron chi connectivity index (χ1n) is 5.61. The topological polar surface area (TPSA) is 74.2 Å². The van der Waals surface area contributed by atoms with E-state index in [2.05, 4.69) is 10.1 Å². The summed E-state index contributed by atoms with van der Waals surface area (Å²) < 4.78 is 23.5. The van der Waals surface area contributed by atoms with Crippen LogP contribution in [0.25, 0.3) is 0 Å². The van der Waals surface area contributed by atoms with E-state index in [1.54, 1.807) is 6.07 Å². The summed E-state index contributed by atoms with van der Waals surface area (Å²) in [5, 5.41) is 4.08. The number of hydrogen-bond acceptors (Lipinski definition) is 5. The molecular formula is C12H13ClFN3O2. The molecule has 2 N–H and O–H groups in total. The van der Waals surface area contributed by atoms with Gasteiger partial charge in [-0.05, 0) is 12.1 Å². The lowest BCUT2D eigenvalue weighted by molar-refractivity contribution is 0.166. The minimum Gasteiger partial charge on any atom is -0.383 e. The average Bonchev–Trinajstić information content (AvgIpc) is 2.83. The second kappa shape index (κ2) is 6.10. The number of ether oxygens (including phenoxy) is 1. The van der Waals surface area contributed by atoms with Crippen molar-refractivity contribution in [1.29, 1.82) is 0 Å². The van der Waals surface area contributed by atoms with Gasteiger partial charge in [0.25, 0.3) is 0 Å². The molecule has 0 aliphatic carbocycles. The fraction of sp³-hybridized carbons (Fsp3) is 0.333. The Kier molecular flexibility index (Phi) is 4.47. The quantitative estimate of drug-likeness (QED) is 0.910. The molecule has 7 heteroatoms. The second-order valence-corrected chi connectivity index (χ2v) is 4.39. The van der Waals surface area contributed by atoms with Gasteiger partial charge in [0.15, 0.2) is 5.82 Å². The standard InChI is InChI=1S/C12H13ClFN3O2/c1-18-6-10(15)12-16-11(17-19-12)5-7-8(13)3-2-4-9(7)14/h2-4,10H,5-6,15H2,1H3. The van der Waals surface area contributed by atoms with Crippen LogP contribution < -0.4 is 5.73 Å². The summed E-state index contributed by atoms with van der Waals surface area (Å²) in [4.78, 5) is 4.10. The molecule has 1 aromatic heterocycles. The molecule has 2 aromatic rings. The molecule has 1 atom stereocenters. The normalized spacial score (nSPS) is 12.6. The number of benzene rings is 1. The van der Waals surface area contributed by atoms with E-state index in [1.807, 2.05) is 0 Å². The Morgan fingerprint density at radius 2 is 2.32 bits per heavy atom. The van der Waals surface area contributed by atoms with Crippen LogP contribution in [0.4, 0.5) is 4.39 Å².